The van der Waals surface area contributed by atoms with Gasteiger partial charge in [-0.15, -0.1) is 10.2 Å². The van der Waals surface area contributed by atoms with Crippen LogP contribution in [0.5, 0.6) is 11.5 Å². The summed E-state index contributed by atoms with van der Waals surface area (Å²) in [5.41, 5.74) is 4.22. The summed E-state index contributed by atoms with van der Waals surface area (Å²) in [5, 5.41) is 14.0. The van der Waals surface area contributed by atoms with Gasteiger partial charge in [-0.1, -0.05) is 64.9 Å². The molecule has 0 radical (unpaired) electrons. The first-order valence-corrected chi connectivity index (χ1v) is 12.9. The smallest absolute Gasteiger partial charge is 0.237 e. The number of aryl methyl sites for hydroxylation is 3. The van der Waals surface area contributed by atoms with Gasteiger partial charge in [-0.2, -0.15) is 4.98 Å². The van der Waals surface area contributed by atoms with Crippen LogP contribution in [0.1, 0.15) is 22.8 Å². The number of methoxy groups -OCH3 is 2. The first-order valence-electron chi connectivity index (χ1n) is 11.9. The maximum Gasteiger partial charge on any atom is 0.237 e. The summed E-state index contributed by atoms with van der Waals surface area (Å²) in [6, 6.07) is 24.3. The molecular weight excluding hydrogens is 486 g/mol. The van der Waals surface area contributed by atoms with E-state index in [1.165, 1.54) is 22.9 Å². The number of hydrogen-bond donors (Lipinski definition) is 0. The zero-order valence-corrected chi connectivity index (χ0v) is 21.7. The molecule has 9 heteroatoms. The van der Waals surface area contributed by atoms with Gasteiger partial charge >= 0.3 is 0 Å². The molecule has 0 aliphatic carbocycles. The van der Waals surface area contributed by atoms with Crippen LogP contribution in [0.2, 0.25) is 0 Å². The van der Waals surface area contributed by atoms with Crippen molar-refractivity contribution >= 4 is 11.8 Å². The second kappa shape index (κ2) is 11.3. The van der Waals surface area contributed by atoms with Gasteiger partial charge in [-0.3, -0.25) is 4.57 Å². The molecule has 0 N–H and O–H groups in total. The number of benzene rings is 3. The van der Waals surface area contributed by atoms with E-state index in [0.717, 1.165) is 35.1 Å². The standard InChI is InChI=1S/C28H27N5O3S/c1-19-9-12-21(13-10-19)33-25(16-11-20-7-5-4-6-8-20)30-31-28(33)37-18-26-29-27(32-36-26)23-15-14-22(34-2)17-24(23)35-3/h4-10,12-15,17H,11,16,18H2,1-3H3. The van der Waals surface area contributed by atoms with E-state index in [4.69, 9.17) is 14.0 Å². The van der Waals surface area contributed by atoms with E-state index in [0.29, 0.717) is 29.0 Å². The van der Waals surface area contributed by atoms with Crippen molar-refractivity contribution in [3.8, 4) is 28.6 Å². The highest BCUT2D eigenvalue weighted by molar-refractivity contribution is 7.98. The summed E-state index contributed by atoms with van der Waals surface area (Å²) in [7, 11) is 3.21. The monoisotopic (exact) mass is 513 g/mol. The van der Waals surface area contributed by atoms with Crippen molar-refractivity contribution in [2.24, 2.45) is 0 Å². The van der Waals surface area contributed by atoms with Crippen molar-refractivity contribution in [2.45, 2.75) is 30.7 Å². The fourth-order valence-electron chi connectivity index (χ4n) is 3.94. The van der Waals surface area contributed by atoms with Crippen LogP contribution in [-0.4, -0.2) is 39.1 Å². The minimum atomic E-state index is 0.453. The topological polar surface area (TPSA) is 88.1 Å². The quantitative estimate of drug-likeness (QED) is 0.219. The Hall–Kier alpha value is -4.11. The molecule has 5 aromatic rings. The third kappa shape index (κ3) is 5.67. The Morgan fingerprint density at radius 3 is 2.46 bits per heavy atom. The molecule has 5 rings (SSSR count). The zero-order valence-electron chi connectivity index (χ0n) is 20.9. The van der Waals surface area contributed by atoms with Crippen molar-refractivity contribution in [2.75, 3.05) is 14.2 Å². The van der Waals surface area contributed by atoms with Crippen molar-refractivity contribution in [3.05, 3.63) is 95.6 Å². The van der Waals surface area contributed by atoms with E-state index in [1.54, 1.807) is 20.3 Å². The maximum atomic E-state index is 5.54. The molecule has 0 saturated heterocycles. The van der Waals surface area contributed by atoms with E-state index in [9.17, 15) is 0 Å². The van der Waals surface area contributed by atoms with Gasteiger partial charge in [-0.05, 0) is 43.2 Å². The van der Waals surface area contributed by atoms with Gasteiger partial charge in [-0.25, -0.2) is 0 Å². The highest BCUT2D eigenvalue weighted by Gasteiger charge is 2.18. The first kappa shape index (κ1) is 24.6. The Balaban J connectivity index is 1.36. The lowest BCUT2D eigenvalue weighted by Gasteiger charge is -2.10. The van der Waals surface area contributed by atoms with Crippen molar-refractivity contribution in [3.63, 3.8) is 0 Å². The predicted octanol–water partition coefficient (Wildman–Crippen LogP) is 5.72. The highest BCUT2D eigenvalue weighted by Crippen LogP contribution is 2.32. The van der Waals surface area contributed by atoms with E-state index in [2.05, 4.69) is 80.4 Å². The minimum Gasteiger partial charge on any atom is -0.497 e. The average Bonchev–Trinajstić information content (AvgIpc) is 3.58. The van der Waals surface area contributed by atoms with E-state index in [1.807, 2.05) is 18.2 Å². The van der Waals surface area contributed by atoms with Crippen LogP contribution in [0, 0.1) is 6.92 Å². The number of ether oxygens (including phenoxy) is 2. The molecule has 0 unspecified atom stereocenters. The summed E-state index contributed by atoms with van der Waals surface area (Å²) in [4.78, 5) is 4.58. The van der Waals surface area contributed by atoms with Crippen LogP contribution in [0.25, 0.3) is 17.1 Å². The highest BCUT2D eigenvalue weighted by atomic mass is 32.2. The van der Waals surface area contributed by atoms with Gasteiger partial charge in [0.15, 0.2) is 5.16 Å². The molecule has 8 nitrogen and oxygen atoms in total. The summed E-state index contributed by atoms with van der Waals surface area (Å²) in [6.45, 7) is 2.08. The normalized spacial score (nSPS) is 11.0. The molecule has 3 aromatic carbocycles. The van der Waals surface area contributed by atoms with Crippen molar-refractivity contribution in [1.82, 2.24) is 24.9 Å². The van der Waals surface area contributed by atoms with Crippen molar-refractivity contribution < 1.29 is 14.0 Å². The van der Waals surface area contributed by atoms with Gasteiger partial charge in [0.2, 0.25) is 11.7 Å². The van der Waals surface area contributed by atoms with Gasteiger partial charge < -0.3 is 14.0 Å². The van der Waals surface area contributed by atoms with Gasteiger partial charge in [0.05, 0.1) is 25.5 Å². The molecule has 0 amide bonds. The molecule has 188 valence electrons. The largest absolute Gasteiger partial charge is 0.497 e. The van der Waals surface area contributed by atoms with Crippen LogP contribution in [-0.2, 0) is 18.6 Å². The van der Waals surface area contributed by atoms with Crippen LogP contribution < -0.4 is 9.47 Å². The number of thioether (sulfide) groups is 1. The molecule has 0 fully saturated rings. The summed E-state index contributed by atoms with van der Waals surface area (Å²) >= 11 is 1.51. The summed E-state index contributed by atoms with van der Waals surface area (Å²) in [6.07, 6.45) is 1.65. The van der Waals surface area contributed by atoms with Gasteiger partial charge in [0, 0.05) is 18.2 Å². The van der Waals surface area contributed by atoms with Crippen LogP contribution in [0.15, 0.2) is 82.5 Å². The molecule has 0 bridgehead atoms. The summed E-state index contributed by atoms with van der Waals surface area (Å²) < 4.78 is 18.4. The minimum absolute atomic E-state index is 0.453. The Morgan fingerprint density at radius 2 is 1.70 bits per heavy atom. The average molecular weight is 514 g/mol. The SMILES string of the molecule is COc1ccc(-c2noc(CSc3nnc(CCc4ccccc4)n3-c3ccc(C)cc3)n2)c(OC)c1. The lowest BCUT2D eigenvalue weighted by atomic mass is 10.1. The molecule has 0 saturated carbocycles. The molecule has 0 aliphatic rings. The van der Waals surface area contributed by atoms with Crippen LogP contribution >= 0.6 is 11.8 Å². The van der Waals surface area contributed by atoms with Gasteiger partial charge in [0.1, 0.15) is 17.3 Å². The predicted molar refractivity (Wildman–Crippen MR) is 142 cm³/mol. The Kier molecular flexibility index (Phi) is 7.51. The Labute approximate surface area is 219 Å². The van der Waals surface area contributed by atoms with Crippen LogP contribution in [0.3, 0.4) is 0 Å². The molecule has 37 heavy (non-hydrogen) atoms. The van der Waals surface area contributed by atoms with E-state index in [-0.39, 0.29) is 0 Å². The van der Waals surface area contributed by atoms with Gasteiger partial charge in [0.25, 0.3) is 0 Å². The maximum absolute atomic E-state index is 5.54. The number of aromatic nitrogens is 5. The zero-order chi connectivity index (χ0) is 25.6. The van der Waals surface area contributed by atoms with E-state index >= 15 is 0 Å². The Bertz CT molecular complexity index is 1470. The number of rotatable bonds is 10. The number of hydrogen-bond acceptors (Lipinski definition) is 8. The molecule has 2 aromatic heterocycles. The van der Waals surface area contributed by atoms with Crippen LogP contribution in [0.4, 0.5) is 0 Å². The molecule has 2 heterocycles. The molecule has 0 aliphatic heterocycles. The summed E-state index contributed by atoms with van der Waals surface area (Å²) in [5.74, 6) is 3.61. The first-order chi connectivity index (χ1) is 18.1. The lowest BCUT2D eigenvalue weighted by Crippen LogP contribution is -2.04. The fourth-order valence-corrected chi connectivity index (χ4v) is 4.75. The second-order valence-electron chi connectivity index (χ2n) is 8.42. The van der Waals surface area contributed by atoms with Crippen molar-refractivity contribution in [1.29, 1.82) is 0 Å². The Morgan fingerprint density at radius 1 is 0.892 bits per heavy atom. The van der Waals surface area contributed by atoms with E-state index < -0.39 is 0 Å². The fraction of sp³-hybridized carbons (Fsp3) is 0.214. The number of nitrogens with zero attached hydrogens (tertiary/aromatic N) is 5. The third-order valence-electron chi connectivity index (χ3n) is 5.92. The lowest BCUT2D eigenvalue weighted by molar-refractivity contribution is 0.388. The molecule has 0 spiro atoms. The third-order valence-corrected chi connectivity index (χ3v) is 6.83. The second-order valence-corrected chi connectivity index (χ2v) is 9.36. The molecular formula is C28H27N5O3S. The molecule has 0 atom stereocenters.